The van der Waals surface area contributed by atoms with Crippen LogP contribution in [0.4, 0.5) is 0 Å². The van der Waals surface area contributed by atoms with E-state index < -0.39 is 0 Å². The fourth-order valence-electron chi connectivity index (χ4n) is 2.76. The predicted molar refractivity (Wildman–Crippen MR) is 73.0 cm³/mol. The molecule has 1 aromatic rings. The zero-order valence-electron chi connectivity index (χ0n) is 10.8. The Kier molecular flexibility index (Phi) is 4.76. The molecule has 3 nitrogen and oxygen atoms in total. The van der Waals surface area contributed by atoms with Crippen LogP contribution >= 0.6 is 0 Å². The maximum atomic E-state index is 11.5. The van der Waals surface area contributed by atoms with Crippen molar-refractivity contribution in [2.45, 2.75) is 38.1 Å². The van der Waals surface area contributed by atoms with Crippen molar-refractivity contribution < 1.29 is 4.79 Å². The number of hydrogen-bond acceptors (Lipinski definition) is 2. The van der Waals surface area contributed by atoms with Gasteiger partial charge in [-0.3, -0.25) is 4.79 Å². The van der Waals surface area contributed by atoms with Crippen LogP contribution in [-0.4, -0.2) is 12.5 Å². The molecule has 1 atom stereocenters. The summed E-state index contributed by atoms with van der Waals surface area (Å²) in [6.07, 6.45) is 6.56. The SMILES string of the molecule is NC(=O)C(NCCC1CCCC1)c1ccccc1. The van der Waals surface area contributed by atoms with Gasteiger partial charge in [-0.1, -0.05) is 56.0 Å². The number of nitrogens with one attached hydrogen (secondary N) is 1. The first-order valence-electron chi connectivity index (χ1n) is 6.85. The molecule has 0 heterocycles. The molecular weight excluding hydrogens is 224 g/mol. The van der Waals surface area contributed by atoms with Crippen molar-refractivity contribution >= 4 is 5.91 Å². The van der Waals surface area contributed by atoms with Crippen LogP contribution in [0.1, 0.15) is 43.7 Å². The van der Waals surface area contributed by atoms with Crippen molar-refractivity contribution in [2.75, 3.05) is 6.54 Å². The summed E-state index contributed by atoms with van der Waals surface area (Å²) in [5.74, 6) is 0.537. The highest BCUT2D eigenvalue weighted by Gasteiger charge is 2.18. The minimum Gasteiger partial charge on any atom is -0.368 e. The van der Waals surface area contributed by atoms with E-state index in [9.17, 15) is 4.79 Å². The van der Waals surface area contributed by atoms with Gasteiger partial charge in [0.15, 0.2) is 0 Å². The third-order valence-electron chi connectivity index (χ3n) is 3.79. The second-order valence-corrected chi connectivity index (χ2v) is 5.14. The molecule has 3 heteroatoms. The Morgan fingerprint density at radius 1 is 1.28 bits per heavy atom. The first-order valence-corrected chi connectivity index (χ1v) is 6.85. The van der Waals surface area contributed by atoms with Gasteiger partial charge in [-0.25, -0.2) is 0 Å². The molecule has 3 N–H and O–H groups in total. The van der Waals surface area contributed by atoms with E-state index in [1.807, 2.05) is 30.3 Å². The lowest BCUT2D eigenvalue weighted by Crippen LogP contribution is -2.34. The van der Waals surface area contributed by atoms with E-state index in [1.165, 1.54) is 25.7 Å². The molecule has 98 valence electrons. The van der Waals surface area contributed by atoms with Crippen molar-refractivity contribution in [3.05, 3.63) is 35.9 Å². The van der Waals surface area contributed by atoms with Crippen LogP contribution in [0.2, 0.25) is 0 Å². The van der Waals surface area contributed by atoms with Gasteiger partial charge in [0.05, 0.1) is 0 Å². The standard InChI is InChI=1S/C15H22N2O/c16-15(18)14(13-8-2-1-3-9-13)17-11-10-12-6-4-5-7-12/h1-3,8-9,12,14,17H,4-7,10-11H2,(H2,16,18). The van der Waals surface area contributed by atoms with Gasteiger partial charge in [-0.15, -0.1) is 0 Å². The summed E-state index contributed by atoms with van der Waals surface area (Å²) in [6, 6.07) is 9.34. The summed E-state index contributed by atoms with van der Waals surface area (Å²) < 4.78 is 0. The van der Waals surface area contributed by atoms with E-state index in [0.717, 1.165) is 24.4 Å². The summed E-state index contributed by atoms with van der Waals surface area (Å²) in [7, 11) is 0. The Morgan fingerprint density at radius 3 is 2.56 bits per heavy atom. The highest BCUT2D eigenvalue weighted by Crippen LogP contribution is 2.27. The van der Waals surface area contributed by atoms with Crippen molar-refractivity contribution in [3.8, 4) is 0 Å². The minimum atomic E-state index is -0.354. The fourth-order valence-corrected chi connectivity index (χ4v) is 2.76. The lowest BCUT2D eigenvalue weighted by molar-refractivity contribution is -0.120. The number of carbonyl (C=O) groups is 1. The molecule has 0 spiro atoms. The van der Waals surface area contributed by atoms with Crippen molar-refractivity contribution in [2.24, 2.45) is 11.7 Å². The molecule has 0 aliphatic heterocycles. The van der Waals surface area contributed by atoms with Gasteiger partial charge in [0.25, 0.3) is 0 Å². The minimum absolute atomic E-state index is 0.298. The molecule has 1 aromatic carbocycles. The predicted octanol–water partition coefficient (Wildman–Crippen LogP) is 2.38. The van der Waals surface area contributed by atoms with Gasteiger partial charge >= 0.3 is 0 Å². The second kappa shape index (κ2) is 6.55. The van der Waals surface area contributed by atoms with E-state index in [1.54, 1.807) is 0 Å². The van der Waals surface area contributed by atoms with Crippen LogP contribution < -0.4 is 11.1 Å². The quantitative estimate of drug-likeness (QED) is 0.809. The van der Waals surface area contributed by atoms with E-state index in [2.05, 4.69) is 5.32 Å². The monoisotopic (exact) mass is 246 g/mol. The van der Waals surface area contributed by atoms with Crippen LogP contribution in [0.25, 0.3) is 0 Å². The Morgan fingerprint density at radius 2 is 1.94 bits per heavy atom. The molecule has 1 saturated carbocycles. The first-order chi connectivity index (χ1) is 8.77. The molecule has 1 fully saturated rings. The Bertz CT molecular complexity index is 371. The zero-order chi connectivity index (χ0) is 12.8. The van der Waals surface area contributed by atoms with Gasteiger partial charge < -0.3 is 11.1 Å². The van der Waals surface area contributed by atoms with Crippen LogP contribution in [0.5, 0.6) is 0 Å². The van der Waals surface area contributed by atoms with Crippen LogP contribution in [-0.2, 0) is 4.79 Å². The van der Waals surface area contributed by atoms with E-state index in [-0.39, 0.29) is 11.9 Å². The molecule has 1 amide bonds. The summed E-state index contributed by atoms with van der Waals surface area (Å²) in [5, 5.41) is 3.29. The summed E-state index contributed by atoms with van der Waals surface area (Å²) >= 11 is 0. The topological polar surface area (TPSA) is 55.1 Å². The van der Waals surface area contributed by atoms with Crippen molar-refractivity contribution in [3.63, 3.8) is 0 Å². The molecule has 1 aliphatic rings. The van der Waals surface area contributed by atoms with Crippen LogP contribution in [0.15, 0.2) is 30.3 Å². The van der Waals surface area contributed by atoms with E-state index >= 15 is 0 Å². The average molecular weight is 246 g/mol. The maximum absolute atomic E-state index is 11.5. The van der Waals surface area contributed by atoms with Gasteiger partial charge in [-0.05, 0) is 24.4 Å². The van der Waals surface area contributed by atoms with Crippen LogP contribution in [0, 0.1) is 5.92 Å². The lowest BCUT2D eigenvalue weighted by Gasteiger charge is -2.17. The number of nitrogens with two attached hydrogens (primary N) is 1. The Hall–Kier alpha value is -1.35. The molecule has 0 bridgehead atoms. The summed E-state index contributed by atoms with van der Waals surface area (Å²) in [4.78, 5) is 11.5. The molecule has 1 aliphatic carbocycles. The third-order valence-corrected chi connectivity index (χ3v) is 3.79. The highest BCUT2D eigenvalue weighted by atomic mass is 16.1. The smallest absolute Gasteiger partial charge is 0.239 e. The summed E-state index contributed by atoms with van der Waals surface area (Å²) in [6.45, 7) is 0.868. The maximum Gasteiger partial charge on any atom is 0.239 e. The number of benzene rings is 1. The van der Waals surface area contributed by atoms with Gasteiger partial charge in [0, 0.05) is 0 Å². The lowest BCUT2D eigenvalue weighted by atomic mass is 10.0. The Labute approximate surface area is 109 Å². The highest BCUT2D eigenvalue weighted by molar-refractivity contribution is 5.81. The third kappa shape index (κ3) is 3.57. The second-order valence-electron chi connectivity index (χ2n) is 5.14. The van der Waals surface area contributed by atoms with Crippen molar-refractivity contribution in [1.82, 2.24) is 5.32 Å². The van der Waals surface area contributed by atoms with E-state index in [4.69, 9.17) is 5.73 Å². The number of hydrogen-bond donors (Lipinski definition) is 2. The van der Waals surface area contributed by atoms with Gasteiger partial charge in [0.1, 0.15) is 6.04 Å². The number of rotatable bonds is 6. The van der Waals surface area contributed by atoms with Crippen LogP contribution in [0.3, 0.4) is 0 Å². The molecular formula is C15H22N2O. The Balaban J connectivity index is 1.85. The largest absolute Gasteiger partial charge is 0.368 e. The molecule has 0 saturated heterocycles. The first kappa shape index (κ1) is 13.1. The van der Waals surface area contributed by atoms with E-state index in [0.29, 0.717) is 0 Å². The molecule has 2 rings (SSSR count). The molecule has 1 unspecified atom stereocenters. The molecule has 18 heavy (non-hydrogen) atoms. The molecule has 0 radical (unpaired) electrons. The number of amides is 1. The normalized spacial score (nSPS) is 17.8. The average Bonchev–Trinajstić information content (AvgIpc) is 2.88. The van der Waals surface area contributed by atoms with Gasteiger partial charge in [-0.2, -0.15) is 0 Å². The number of primary amides is 1. The van der Waals surface area contributed by atoms with Gasteiger partial charge in [0.2, 0.25) is 5.91 Å². The molecule has 0 aromatic heterocycles. The summed E-state index contributed by atoms with van der Waals surface area (Å²) in [5.41, 5.74) is 6.42. The number of carbonyl (C=O) groups excluding carboxylic acids is 1. The zero-order valence-corrected chi connectivity index (χ0v) is 10.8. The fraction of sp³-hybridized carbons (Fsp3) is 0.533. The van der Waals surface area contributed by atoms with Crippen molar-refractivity contribution in [1.29, 1.82) is 0 Å².